The second-order valence-electron chi connectivity index (χ2n) is 6.23. The Labute approximate surface area is 140 Å². The molecule has 1 atom stereocenters. The number of amides is 3. The van der Waals surface area contributed by atoms with E-state index >= 15 is 0 Å². The van der Waals surface area contributed by atoms with Gasteiger partial charge in [-0.1, -0.05) is 18.2 Å². The molecule has 2 heterocycles. The molecule has 24 heavy (non-hydrogen) atoms. The van der Waals surface area contributed by atoms with Gasteiger partial charge < -0.3 is 10.1 Å². The highest BCUT2D eigenvalue weighted by Gasteiger charge is 2.47. The van der Waals surface area contributed by atoms with Gasteiger partial charge in [0, 0.05) is 25.1 Å². The molecule has 0 saturated carbocycles. The van der Waals surface area contributed by atoms with Crippen LogP contribution in [0, 0.1) is 0 Å². The second-order valence-corrected chi connectivity index (χ2v) is 6.23. The van der Waals surface area contributed by atoms with E-state index in [-0.39, 0.29) is 24.1 Å². The van der Waals surface area contributed by atoms with E-state index in [1.165, 1.54) is 5.01 Å². The van der Waals surface area contributed by atoms with Crippen LogP contribution in [0.2, 0.25) is 0 Å². The third-order valence-corrected chi connectivity index (χ3v) is 4.44. The summed E-state index contributed by atoms with van der Waals surface area (Å²) in [6.07, 6.45) is 0.513. The van der Waals surface area contributed by atoms with E-state index < -0.39 is 5.54 Å². The molecule has 3 amide bonds. The molecule has 128 valence electrons. The zero-order chi connectivity index (χ0) is 17.2. The van der Waals surface area contributed by atoms with Gasteiger partial charge in [0.15, 0.2) is 0 Å². The van der Waals surface area contributed by atoms with E-state index in [1.54, 1.807) is 36.2 Å². The molecule has 7 nitrogen and oxygen atoms in total. The minimum Gasteiger partial charge on any atom is -0.379 e. The fourth-order valence-corrected chi connectivity index (χ4v) is 2.98. The Balaban J connectivity index is 1.77. The number of ether oxygens (including phenoxy) is 1. The van der Waals surface area contributed by atoms with Gasteiger partial charge in [-0.15, -0.1) is 0 Å². The average molecular weight is 331 g/mol. The molecule has 2 aliphatic rings. The predicted molar refractivity (Wildman–Crippen MR) is 85.8 cm³/mol. The molecule has 1 aromatic rings. The van der Waals surface area contributed by atoms with Crippen LogP contribution in [0.4, 0.5) is 0 Å². The quantitative estimate of drug-likeness (QED) is 0.819. The molecular weight excluding hydrogens is 310 g/mol. The molecule has 7 heteroatoms. The van der Waals surface area contributed by atoms with E-state index in [2.05, 4.69) is 5.32 Å². The maximum Gasteiger partial charge on any atom is 0.269 e. The molecule has 1 N–H and O–H groups in total. The number of morpholine rings is 1. The molecule has 0 radical (unpaired) electrons. The van der Waals surface area contributed by atoms with Crippen LogP contribution in [-0.2, 0) is 14.3 Å². The highest BCUT2D eigenvalue weighted by atomic mass is 16.5. The van der Waals surface area contributed by atoms with E-state index in [0.717, 1.165) is 0 Å². The average Bonchev–Trinajstić information content (AvgIpc) is 2.61. The second kappa shape index (κ2) is 6.70. The van der Waals surface area contributed by atoms with Crippen LogP contribution < -0.4 is 5.32 Å². The number of nitrogens with one attached hydrogen (secondary N) is 1. The number of nitrogens with zero attached hydrogens (tertiary/aromatic N) is 2. The molecule has 0 spiro atoms. The Morgan fingerprint density at radius 2 is 1.83 bits per heavy atom. The van der Waals surface area contributed by atoms with E-state index in [4.69, 9.17) is 4.74 Å². The SMILES string of the molecule is CC1(NC(=O)c2ccccc2)CCC(=O)N(N2CCOCC2)C1=O. The normalized spacial score (nSPS) is 25.6. The Morgan fingerprint density at radius 1 is 1.17 bits per heavy atom. The number of benzene rings is 1. The zero-order valence-corrected chi connectivity index (χ0v) is 13.7. The molecule has 0 aromatic heterocycles. The van der Waals surface area contributed by atoms with Gasteiger partial charge in [0.25, 0.3) is 11.8 Å². The van der Waals surface area contributed by atoms with Crippen LogP contribution in [0.25, 0.3) is 0 Å². The largest absolute Gasteiger partial charge is 0.379 e. The number of imide groups is 1. The molecule has 0 bridgehead atoms. The van der Waals surface area contributed by atoms with Crippen LogP contribution in [0.3, 0.4) is 0 Å². The van der Waals surface area contributed by atoms with Gasteiger partial charge in [-0.2, -0.15) is 0 Å². The molecule has 1 aromatic carbocycles. The van der Waals surface area contributed by atoms with Gasteiger partial charge in [-0.05, 0) is 25.5 Å². The summed E-state index contributed by atoms with van der Waals surface area (Å²) in [4.78, 5) is 37.6. The van der Waals surface area contributed by atoms with Crippen molar-refractivity contribution >= 4 is 17.7 Å². The Kier molecular flexibility index (Phi) is 4.64. The number of hydrogen-bond donors (Lipinski definition) is 1. The summed E-state index contributed by atoms with van der Waals surface area (Å²) in [6.45, 7) is 3.60. The third kappa shape index (κ3) is 3.18. The van der Waals surface area contributed by atoms with Gasteiger partial charge >= 0.3 is 0 Å². The highest BCUT2D eigenvalue weighted by Crippen LogP contribution is 2.25. The lowest BCUT2D eigenvalue weighted by Gasteiger charge is -2.44. The first-order chi connectivity index (χ1) is 11.5. The van der Waals surface area contributed by atoms with Gasteiger partial charge in [0.05, 0.1) is 13.2 Å². The number of piperidine rings is 1. The van der Waals surface area contributed by atoms with Crippen LogP contribution >= 0.6 is 0 Å². The Morgan fingerprint density at radius 3 is 2.50 bits per heavy atom. The Hall–Kier alpha value is -2.25. The fraction of sp³-hybridized carbons (Fsp3) is 0.471. The van der Waals surface area contributed by atoms with Crippen molar-refractivity contribution in [2.24, 2.45) is 0 Å². The molecule has 2 aliphatic heterocycles. The molecule has 3 rings (SSSR count). The maximum atomic E-state index is 12.9. The fourth-order valence-electron chi connectivity index (χ4n) is 2.98. The molecule has 0 aliphatic carbocycles. The van der Waals surface area contributed by atoms with Crippen molar-refractivity contribution < 1.29 is 19.1 Å². The van der Waals surface area contributed by atoms with Crippen LogP contribution in [-0.4, -0.2) is 59.6 Å². The minimum atomic E-state index is -1.10. The monoisotopic (exact) mass is 331 g/mol. The minimum absolute atomic E-state index is 0.217. The topological polar surface area (TPSA) is 79.0 Å². The summed E-state index contributed by atoms with van der Waals surface area (Å²) in [5.74, 6) is -0.930. The first-order valence-corrected chi connectivity index (χ1v) is 8.09. The third-order valence-electron chi connectivity index (χ3n) is 4.44. The van der Waals surface area contributed by atoms with Crippen molar-refractivity contribution in [2.75, 3.05) is 26.3 Å². The summed E-state index contributed by atoms with van der Waals surface area (Å²) in [5, 5.41) is 5.71. The number of rotatable bonds is 3. The number of carbonyl (C=O) groups excluding carboxylic acids is 3. The van der Waals surface area contributed by atoms with Crippen LogP contribution in [0.1, 0.15) is 30.1 Å². The summed E-state index contributed by atoms with van der Waals surface area (Å²) >= 11 is 0. The maximum absolute atomic E-state index is 12.9. The molecule has 1 unspecified atom stereocenters. The molecule has 2 fully saturated rings. The van der Waals surface area contributed by atoms with Gasteiger partial charge in [-0.25, -0.2) is 10.0 Å². The summed E-state index contributed by atoms with van der Waals surface area (Å²) in [5.41, 5.74) is -0.611. The van der Waals surface area contributed by atoms with Crippen LogP contribution in [0.15, 0.2) is 30.3 Å². The summed E-state index contributed by atoms with van der Waals surface area (Å²) < 4.78 is 5.27. The zero-order valence-electron chi connectivity index (χ0n) is 13.7. The smallest absolute Gasteiger partial charge is 0.269 e. The van der Waals surface area contributed by atoms with Crippen molar-refractivity contribution in [2.45, 2.75) is 25.3 Å². The molecule has 2 saturated heterocycles. The molecular formula is C17H21N3O4. The predicted octanol–water partition coefficient (Wildman–Crippen LogP) is 0.571. The van der Waals surface area contributed by atoms with Crippen molar-refractivity contribution in [1.29, 1.82) is 0 Å². The highest BCUT2D eigenvalue weighted by molar-refractivity contribution is 6.05. The summed E-state index contributed by atoms with van der Waals surface area (Å²) in [7, 11) is 0. The van der Waals surface area contributed by atoms with Crippen molar-refractivity contribution in [1.82, 2.24) is 15.3 Å². The number of carbonyl (C=O) groups is 3. The number of hydrazine groups is 1. The van der Waals surface area contributed by atoms with Gasteiger partial charge in [0.2, 0.25) is 5.91 Å². The van der Waals surface area contributed by atoms with Crippen molar-refractivity contribution in [3.05, 3.63) is 35.9 Å². The van der Waals surface area contributed by atoms with Crippen LogP contribution in [0.5, 0.6) is 0 Å². The van der Waals surface area contributed by atoms with Crippen molar-refractivity contribution in [3.8, 4) is 0 Å². The standard InChI is InChI=1S/C17H21N3O4/c1-17(18-15(22)13-5-3-2-4-6-13)8-7-14(21)20(16(17)23)19-9-11-24-12-10-19/h2-6H,7-12H2,1H3,(H,18,22). The van der Waals surface area contributed by atoms with E-state index in [0.29, 0.717) is 38.3 Å². The Bertz CT molecular complexity index is 642. The first kappa shape index (κ1) is 16.6. The first-order valence-electron chi connectivity index (χ1n) is 8.09. The lowest BCUT2D eigenvalue weighted by molar-refractivity contribution is -0.180. The van der Waals surface area contributed by atoms with E-state index in [1.807, 2.05) is 6.07 Å². The van der Waals surface area contributed by atoms with Gasteiger partial charge in [0.1, 0.15) is 5.54 Å². The lowest BCUT2D eigenvalue weighted by atomic mass is 9.90. The van der Waals surface area contributed by atoms with E-state index in [9.17, 15) is 14.4 Å². The van der Waals surface area contributed by atoms with Crippen molar-refractivity contribution in [3.63, 3.8) is 0 Å². The lowest BCUT2D eigenvalue weighted by Crippen LogP contribution is -2.67. The van der Waals surface area contributed by atoms with Gasteiger partial charge in [-0.3, -0.25) is 14.4 Å². The summed E-state index contributed by atoms with van der Waals surface area (Å²) in [6, 6.07) is 8.74. The number of hydrogen-bond acceptors (Lipinski definition) is 5.